The van der Waals surface area contributed by atoms with Crippen molar-refractivity contribution in [2.75, 3.05) is 0 Å². The van der Waals surface area contributed by atoms with Gasteiger partial charge in [0.25, 0.3) is 5.91 Å². The number of amides is 1. The minimum atomic E-state index is -0.375. The van der Waals surface area contributed by atoms with Crippen molar-refractivity contribution in [1.82, 2.24) is 15.0 Å². The van der Waals surface area contributed by atoms with E-state index < -0.39 is 0 Å². The van der Waals surface area contributed by atoms with Crippen LogP contribution in [-0.2, 0) is 6.54 Å². The van der Waals surface area contributed by atoms with Crippen LogP contribution in [0, 0.1) is 0 Å². The molecule has 2 heterocycles. The van der Waals surface area contributed by atoms with Crippen molar-refractivity contribution in [2.24, 2.45) is 5.84 Å². The van der Waals surface area contributed by atoms with Crippen molar-refractivity contribution in [3.05, 3.63) is 66.4 Å². The molecule has 0 atom stereocenters. The van der Waals surface area contributed by atoms with Crippen LogP contribution in [0.1, 0.15) is 16.1 Å². The monoisotopic (exact) mass is 282 g/mol. The molecule has 2 aromatic heterocycles. The first-order chi connectivity index (χ1) is 10.3. The molecule has 0 aliphatic carbocycles. The maximum atomic E-state index is 11.7. The number of hydrazine groups is 1. The zero-order valence-corrected chi connectivity index (χ0v) is 11.2. The number of hydrogen-bond acceptors (Lipinski definition) is 4. The summed E-state index contributed by atoms with van der Waals surface area (Å²) >= 11 is 0. The van der Waals surface area contributed by atoms with E-state index >= 15 is 0 Å². The maximum absolute atomic E-state index is 11.7. The normalized spacial score (nSPS) is 10.5. The quantitative estimate of drug-likeness (QED) is 0.434. The Labute approximate surface area is 121 Å². The minimum Gasteiger partial charge on any atom is -0.467 e. The number of aromatic nitrogens is 2. The Balaban J connectivity index is 1.92. The van der Waals surface area contributed by atoms with E-state index in [0.29, 0.717) is 17.9 Å². The number of nitrogens with one attached hydrogen (secondary N) is 1. The van der Waals surface area contributed by atoms with Gasteiger partial charge in [-0.15, -0.1) is 0 Å². The molecule has 0 bridgehead atoms. The average molecular weight is 282 g/mol. The Morgan fingerprint density at radius 1 is 1.29 bits per heavy atom. The highest BCUT2D eigenvalue weighted by atomic mass is 16.3. The second kappa shape index (κ2) is 5.64. The van der Waals surface area contributed by atoms with E-state index in [4.69, 9.17) is 10.3 Å². The highest BCUT2D eigenvalue weighted by Crippen LogP contribution is 2.19. The van der Waals surface area contributed by atoms with Gasteiger partial charge >= 0.3 is 0 Å². The highest BCUT2D eigenvalue weighted by Gasteiger charge is 2.15. The third-order valence-corrected chi connectivity index (χ3v) is 3.18. The fourth-order valence-corrected chi connectivity index (χ4v) is 2.18. The Hall–Kier alpha value is -2.86. The summed E-state index contributed by atoms with van der Waals surface area (Å²) in [5, 5.41) is 0. The number of furan rings is 1. The standard InChI is InChI=1S/C15H14N4O2/c16-18-15(20)12-6-9-21-13(12)10-19-8-7-17-14(19)11-4-2-1-3-5-11/h1-9H,10,16H2,(H,18,20). The fourth-order valence-electron chi connectivity index (χ4n) is 2.18. The number of nitrogens with zero attached hydrogens (tertiary/aromatic N) is 2. The Kier molecular flexibility index (Phi) is 3.53. The SMILES string of the molecule is NNC(=O)c1ccoc1Cn1ccnc1-c1ccccc1. The van der Waals surface area contributed by atoms with Crippen LogP contribution >= 0.6 is 0 Å². The summed E-state index contributed by atoms with van der Waals surface area (Å²) in [5.74, 6) is 6.14. The molecule has 0 unspecified atom stereocenters. The largest absolute Gasteiger partial charge is 0.467 e. The lowest BCUT2D eigenvalue weighted by molar-refractivity contribution is 0.0951. The molecule has 3 rings (SSSR count). The van der Waals surface area contributed by atoms with E-state index in [9.17, 15) is 4.79 Å². The van der Waals surface area contributed by atoms with Crippen molar-refractivity contribution in [3.63, 3.8) is 0 Å². The predicted octanol–water partition coefficient (Wildman–Crippen LogP) is 1.79. The molecule has 0 saturated heterocycles. The summed E-state index contributed by atoms with van der Waals surface area (Å²) in [5.41, 5.74) is 3.53. The number of nitrogen functional groups attached to an aromatic ring is 1. The molecule has 6 nitrogen and oxygen atoms in total. The number of carbonyl (C=O) groups excluding carboxylic acids is 1. The number of benzene rings is 1. The average Bonchev–Trinajstić information content (AvgIpc) is 3.17. The van der Waals surface area contributed by atoms with Crippen LogP contribution in [0.25, 0.3) is 11.4 Å². The molecule has 3 aromatic rings. The van der Waals surface area contributed by atoms with Crippen LogP contribution in [-0.4, -0.2) is 15.5 Å². The summed E-state index contributed by atoms with van der Waals surface area (Å²) in [7, 11) is 0. The number of nitrogens with two attached hydrogens (primary N) is 1. The molecular formula is C15H14N4O2. The van der Waals surface area contributed by atoms with Crippen molar-refractivity contribution >= 4 is 5.91 Å². The molecule has 1 aromatic carbocycles. The topological polar surface area (TPSA) is 86.1 Å². The maximum Gasteiger partial charge on any atom is 0.268 e. The molecule has 0 radical (unpaired) electrons. The smallest absolute Gasteiger partial charge is 0.268 e. The molecule has 1 amide bonds. The van der Waals surface area contributed by atoms with Crippen molar-refractivity contribution < 1.29 is 9.21 Å². The van der Waals surface area contributed by atoms with Crippen LogP contribution in [0.3, 0.4) is 0 Å². The Morgan fingerprint density at radius 3 is 2.86 bits per heavy atom. The molecule has 0 spiro atoms. The van der Waals surface area contributed by atoms with Gasteiger partial charge in [0.2, 0.25) is 0 Å². The molecule has 106 valence electrons. The Bertz CT molecular complexity index is 746. The highest BCUT2D eigenvalue weighted by molar-refractivity contribution is 5.94. The second-order valence-electron chi connectivity index (χ2n) is 4.48. The molecule has 0 aliphatic heterocycles. The van der Waals surface area contributed by atoms with E-state index in [2.05, 4.69) is 10.4 Å². The molecule has 6 heteroatoms. The number of hydrogen-bond donors (Lipinski definition) is 2. The van der Waals surface area contributed by atoms with Crippen LogP contribution in [0.4, 0.5) is 0 Å². The van der Waals surface area contributed by atoms with Crippen molar-refractivity contribution in [2.45, 2.75) is 6.54 Å². The van der Waals surface area contributed by atoms with Gasteiger partial charge in [0.05, 0.1) is 18.4 Å². The van der Waals surface area contributed by atoms with Crippen molar-refractivity contribution in [1.29, 1.82) is 0 Å². The second-order valence-corrected chi connectivity index (χ2v) is 4.48. The summed E-state index contributed by atoms with van der Waals surface area (Å²) < 4.78 is 7.30. The first kappa shape index (κ1) is 13.1. The van der Waals surface area contributed by atoms with Gasteiger partial charge in [-0.25, -0.2) is 10.8 Å². The molecule has 21 heavy (non-hydrogen) atoms. The zero-order chi connectivity index (χ0) is 14.7. The number of carbonyl (C=O) groups is 1. The summed E-state index contributed by atoms with van der Waals surface area (Å²) in [6.07, 6.45) is 5.03. The molecule has 0 aliphatic rings. The van der Waals surface area contributed by atoms with Gasteiger partial charge in [0, 0.05) is 18.0 Å². The minimum absolute atomic E-state index is 0.375. The van der Waals surface area contributed by atoms with Crippen LogP contribution in [0.15, 0.2) is 59.5 Å². The molecule has 0 saturated carbocycles. The lowest BCUT2D eigenvalue weighted by atomic mass is 10.2. The first-order valence-corrected chi connectivity index (χ1v) is 6.43. The van der Waals surface area contributed by atoms with Gasteiger partial charge in [-0.05, 0) is 6.07 Å². The van der Waals surface area contributed by atoms with E-state index in [1.54, 1.807) is 12.3 Å². The van der Waals surface area contributed by atoms with E-state index in [0.717, 1.165) is 11.4 Å². The fraction of sp³-hybridized carbons (Fsp3) is 0.0667. The predicted molar refractivity (Wildman–Crippen MR) is 77.1 cm³/mol. The third-order valence-electron chi connectivity index (χ3n) is 3.18. The molecule has 3 N–H and O–H groups in total. The van der Waals surface area contributed by atoms with Crippen LogP contribution < -0.4 is 11.3 Å². The third kappa shape index (κ3) is 2.56. The number of imidazole rings is 1. The number of rotatable bonds is 4. The molecule has 0 fully saturated rings. The first-order valence-electron chi connectivity index (χ1n) is 6.43. The zero-order valence-electron chi connectivity index (χ0n) is 11.2. The summed E-state index contributed by atoms with van der Waals surface area (Å²) in [4.78, 5) is 16.0. The van der Waals surface area contributed by atoms with Gasteiger partial charge < -0.3 is 8.98 Å². The van der Waals surface area contributed by atoms with Gasteiger partial charge in [-0.1, -0.05) is 30.3 Å². The Morgan fingerprint density at radius 2 is 2.10 bits per heavy atom. The van der Waals surface area contributed by atoms with Gasteiger partial charge in [-0.2, -0.15) is 0 Å². The summed E-state index contributed by atoms with van der Waals surface area (Å²) in [6.45, 7) is 0.403. The lowest BCUT2D eigenvalue weighted by Gasteiger charge is -2.07. The van der Waals surface area contributed by atoms with E-state index in [-0.39, 0.29) is 5.91 Å². The molecular weight excluding hydrogens is 268 g/mol. The van der Waals surface area contributed by atoms with Crippen LogP contribution in [0.5, 0.6) is 0 Å². The van der Waals surface area contributed by atoms with E-state index in [1.165, 1.54) is 6.26 Å². The van der Waals surface area contributed by atoms with Gasteiger partial charge in [0.1, 0.15) is 11.6 Å². The lowest BCUT2D eigenvalue weighted by Crippen LogP contribution is -2.30. The van der Waals surface area contributed by atoms with Gasteiger partial charge in [0.15, 0.2) is 0 Å². The van der Waals surface area contributed by atoms with Crippen molar-refractivity contribution in [3.8, 4) is 11.4 Å². The summed E-state index contributed by atoms with van der Waals surface area (Å²) in [6, 6.07) is 11.4. The van der Waals surface area contributed by atoms with Gasteiger partial charge in [-0.3, -0.25) is 10.2 Å². The van der Waals surface area contributed by atoms with Crippen LogP contribution in [0.2, 0.25) is 0 Å². The van der Waals surface area contributed by atoms with E-state index in [1.807, 2.05) is 41.1 Å².